The van der Waals surface area contributed by atoms with E-state index in [1.807, 2.05) is 18.9 Å². The minimum atomic E-state index is -3.88. The normalized spacial score (nSPS) is 27.9. The molecule has 32 heavy (non-hydrogen) atoms. The highest BCUT2D eigenvalue weighted by atomic mass is 35.5. The second kappa shape index (κ2) is 9.61. The van der Waals surface area contributed by atoms with Gasteiger partial charge in [0.15, 0.2) is 0 Å². The second-order valence-corrected chi connectivity index (χ2v) is 12.0. The second-order valence-electron chi connectivity index (χ2n) is 9.75. The lowest BCUT2D eigenvalue weighted by Gasteiger charge is -2.39. The fraction of sp³-hybridized carbons (Fsp3) is 0.708. The predicted molar refractivity (Wildman–Crippen MR) is 127 cm³/mol. The molecule has 0 spiro atoms. The molecule has 3 fully saturated rings. The van der Waals surface area contributed by atoms with E-state index in [1.165, 1.54) is 0 Å². The molecule has 3 aliphatic rings. The maximum Gasteiger partial charge on any atom is 0.245 e. The molecule has 1 saturated carbocycles. The first-order chi connectivity index (χ1) is 15.2. The van der Waals surface area contributed by atoms with Crippen LogP contribution in [0.3, 0.4) is 0 Å². The molecule has 2 aliphatic heterocycles. The van der Waals surface area contributed by atoms with Crippen LogP contribution in [-0.4, -0.2) is 73.2 Å². The Morgan fingerprint density at radius 3 is 2.50 bits per heavy atom. The van der Waals surface area contributed by atoms with Crippen LogP contribution in [-0.2, 0) is 14.8 Å². The summed E-state index contributed by atoms with van der Waals surface area (Å²) in [6, 6.07) is 4.47. The quantitative estimate of drug-likeness (QED) is 0.639. The zero-order chi connectivity index (χ0) is 23.0. The molecule has 1 amide bonds. The first-order valence-corrected chi connectivity index (χ1v) is 13.8. The highest BCUT2D eigenvalue weighted by Gasteiger charge is 2.52. The number of carbonyl (C=O) groups excluding carboxylic acids is 1. The average Bonchev–Trinajstić information content (AvgIpc) is 3.18. The van der Waals surface area contributed by atoms with E-state index in [1.54, 1.807) is 22.5 Å². The van der Waals surface area contributed by atoms with Crippen molar-refractivity contribution in [3.05, 3.63) is 28.8 Å². The number of nitrogens with zero attached hydrogens (tertiary/aromatic N) is 3. The summed E-state index contributed by atoms with van der Waals surface area (Å²) in [5, 5.41) is 0.232. The number of aryl methyl sites for hydroxylation is 1. The van der Waals surface area contributed by atoms with Gasteiger partial charge >= 0.3 is 0 Å². The number of piperidine rings is 1. The molecule has 0 bridgehead atoms. The summed E-state index contributed by atoms with van der Waals surface area (Å²) in [6.07, 6.45) is 6.40. The topological polar surface area (TPSA) is 60.9 Å². The van der Waals surface area contributed by atoms with Gasteiger partial charge in [0.1, 0.15) is 10.9 Å². The molecule has 1 aromatic carbocycles. The number of fused-ring (bicyclic) bond motifs is 1. The summed E-state index contributed by atoms with van der Waals surface area (Å²) in [5.74, 6) is 0.188. The summed E-state index contributed by atoms with van der Waals surface area (Å²) < 4.78 is 29.3. The van der Waals surface area contributed by atoms with E-state index < -0.39 is 16.1 Å². The van der Waals surface area contributed by atoms with E-state index in [4.69, 9.17) is 11.6 Å². The van der Waals surface area contributed by atoms with Crippen molar-refractivity contribution in [1.29, 1.82) is 0 Å². The zero-order valence-corrected chi connectivity index (χ0v) is 21.0. The van der Waals surface area contributed by atoms with Crippen LogP contribution in [0, 0.1) is 12.8 Å². The Morgan fingerprint density at radius 2 is 1.84 bits per heavy atom. The van der Waals surface area contributed by atoms with E-state index in [9.17, 15) is 13.2 Å². The lowest BCUT2D eigenvalue weighted by Crippen LogP contribution is -2.53. The van der Waals surface area contributed by atoms with Gasteiger partial charge in [-0.15, -0.1) is 0 Å². The smallest absolute Gasteiger partial charge is 0.245 e. The summed E-state index contributed by atoms with van der Waals surface area (Å²) in [7, 11) is -2.02. The Labute approximate surface area is 197 Å². The van der Waals surface area contributed by atoms with Crippen molar-refractivity contribution in [3.63, 3.8) is 0 Å². The van der Waals surface area contributed by atoms with Crippen LogP contribution < -0.4 is 0 Å². The fourth-order valence-electron chi connectivity index (χ4n) is 5.94. The Bertz CT molecular complexity index is 946. The Hall–Kier alpha value is -1.15. The third kappa shape index (κ3) is 4.46. The third-order valence-corrected chi connectivity index (χ3v) is 10.3. The van der Waals surface area contributed by atoms with E-state index >= 15 is 0 Å². The van der Waals surface area contributed by atoms with Gasteiger partial charge in [-0.2, -0.15) is 4.31 Å². The van der Waals surface area contributed by atoms with Crippen molar-refractivity contribution < 1.29 is 13.2 Å². The van der Waals surface area contributed by atoms with Crippen LogP contribution in [0.4, 0.5) is 0 Å². The van der Waals surface area contributed by atoms with E-state index in [0.717, 1.165) is 63.7 Å². The van der Waals surface area contributed by atoms with Crippen LogP contribution in [0.15, 0.2) is 23.1 Å². The molecular weight excluding hydrogens is 446 g/mol. The third-order valence-electron chi connectivity index (χ3n) is 7.86. The molecule has 1 aromatic rings. The summed E-state index contributed by atoms with van der Waals surface area (Å²) >= 11 is 6.40. The van der Waals surface area contributed by atoms with Gasteiger partial charge in [0, 0.05) is 32.2 Å². The monoisotopic (exact) mass is 481 g/mol. The largest absolute Gasteiger partial charge is 0.341 e. The van der Waals surface area contributed by atoms with Gasteiger partial charge in [0.05, 0.1) is 5.02 Å². The predicted octanol–water partition coefficient (Wildman–Crippen LogP) is 3.91. The van der Waals surface area contributed by atoms with E-state index in [2.05, 4.69) is 11.8 Å². The Kier molecular flexibility index (Phi) is 7.20. The summed E-state index contributed by atoms with van der Waals surface area (Å²) in [4.78, 5) is 18.1. The van der Waals surface area contributed by atoms with Crippen molar-refractivity contribution in [1.82, 2.24) is 14.1 Å². The molecule has 3 atom stereocenters. The lowest BCUT2D eigenvalue weighted by molar-refractivity contribution is -0.136. The minimum absolute atomic E-state index is 0.0545. The maximum atomic E-state index is 13.9. The van der Waals surface area contributed by atoms with Crippen molar-refractivity contribution in [2.75, 3.05) is 26.7 Å². The van der Waals surface area contributed by atoms with Gasteiger partial charge in [0.2, 0.25) is 15.9 Å². The van der Waals surface area contributed by atoms with E-state index in [-0.39, 0.29) is 33.8 Å². The first-order valence-electron chi connectivity index (χ1n) is 12.0. The molecule has 0 aromatic heterocycles. The van der Waals surface area contributed by atoms with Crippen molar-refractivity contribution in [2.24, 2.45) is 5.92 Å². The Balaban J connectivity index is 1.63. The zero-order valence-electron chi connectivity index (χ0n) is 19.5. The van der Waals surface area contributed by atoms with Crippen LogP contribution in [0.2, 0.25) is 5.02 Å². The number of benzene rings is 1. The van der Waals surface area contributed by atoms with Gasteiger partial charge in [-0.3, -0.25) is 4.79 Å². The molecule has 0 unspecified atom stereocenters. The van der Waals surface area contributed by atoms with Crippen LogP contribution >= 0.6 is 11.6 Å². The molecule has 2 heterocycles. The van der Waals surface area contributed by atoms with Gasteiger partial charge < -0.3 is 9.80 Å². The molecule has 4 rings (SSSR count). The molecule has 6 nitrogen and oxygen atoms in total. The number of rotatable bonds is 5. The van der Waals surface area contributed by atoms with Crippen LogP contribution in [0.1, 0.15) is 57.4 Å². The number of sulfonamides is 1. The van der Waals surface area contributed by atoms with Crippen molar-refractivity contribution in [2.45, 2.75) is 81.8 Å². The molecule has 8 heteroatoms. The number of carbonyl (C=O) groups is 1. The highest BCUT2D eigenvalue weighted by molar-refractivity contribution is 7.89. The molecule has 178 valence electrons. The van der Waals surface area contributed by atoms with Gasteiger partial charge in [-0.25, -0.2) is 8.42 Å². The minimum Gasteiger partial charge on any atom is -0.341 e. The highest BCUT2D eigenvalue weighted by Crippen LogP contribution is 2.44. The molecule has 0 radical (unpaired) electrons. The van der Waals surface area contributed by atoms with Crippen LogP contribution in [0.5, 0.6) is 0 Å². The van der Waals surface area contributed by atoms with Gasteiger partial charge in [-0.05, 0) is 69.2 Å². The molecule has 0 N–H and O–H groups in total. The SMILES string of the molecule is CCN1CCC(N(C)C(=O)[C@@H]2C[C@@H]3CCCC[C@H]3N2S(=O)(=O)c2ccc(C)cc2Cl)CC1. The molecule has 1 aliphatic carbocycles. The average molecular weight is 482 g/mol. The lowest BCUT2D eigenvalue weighted by atomic mass is 9.85. The Morgan fingerprint density at radius 1 is 1.16 bits per heavy atom. The number of likely N-dealkylation sites (N-methyl/N-ethyl adjacent to an activating group) is 1. The fourth-order valence-corrected chi connectivity index (χ4v) is 8.39. The molecular formula is C24H36ClN3O3S. The number of amides is 1. The number of hydrogen-bond donors (Lipinski definition) is 0. The number of halogens is 1. The first kappa shape index (κ1) is 24.0. The maximum absolute atomic E-state index is 13.9. The molecule has 2 saturated heterocycles. The summed E-state index contributed by atoms with van der Waals surface area (Å²) in [6.45, 7) is 7.04. The van der Waals surface area contributed by atoms with Crippen LogP contribution in [0.25, 0.3) is 0 Å². The standard InChI is InChI=1S/C24H36ClN3O3S/c1-4-27-13-11-19(12-14-27)26(3)24(29)22-16-18-7-5-6-8-21(18)28(22)32(30,31)23-10-9-17(2)15-20(23)25/h9-10,15,18-19,21-22H,4-8,11-14,16H2,1-3H3/t18-,21+,22-/m0/s1. The van der Waals surface area contributed by atoms with Gasteiger partial charge in [-0.1, -0.05) is 37.4 Å². The van der Waals surface area contributed by atoms with Gasteiger partial charge in [0.25, 0.3) is 0 Å². The summed E-state index contributed by atoms with van der Waals surface area (Å²) in [5.41, 5.74) is 0.914. The number of likely N-dealkylation sites (tertiary alicyclic amines) is 1. The number of hydrogen-bond acceptors (Lipinski definition) is 4. The van der Waals surface area contributed by atoms with Crippen molar-refractivity contribution >= 4 is 27.5 Å². The van der Waals surface area contributed by atoms with E-state index in [0.29, 0.717) is 6.42 Å². The van der Waals surface area contributed by atoms with Crippen molar-refractivity contribution in [3.8, 4) is 0 Å².